The number of halogens is 4. The van der Waals surface area contributed by atoms with E-state index in [0.29, 0.717) is 37.9 Å². The second kappa shape index (κ2) is 12.9. The number of anilines is 1. The van der Waals surface area contributed by atoms with Crippen LogP contribution in [0.2, 0.25) is 5.02 Å². The fourth-order valence-corrected chi connectivity index (χ4v) is 7.16. The molecule has 0 aliphatic carbocycles. The molecule has 1 N–H and O–H groups in total. The van der Waals surface area contributed by atoms with Crippen LogP contribution in [-0.4, -0.2) is 80.0 Å². The maximum Gasteiger partial charge on any atom is 0.406 e. The molecule has 6 rings (SSSR count). The molecule has 1 aromatic carbocycles. The summed E-state index contributed by atoms with van der Waals surface area (Å²) in [5.74, 6) is -0.0504. The molecule has 0 saturated carbocycles. The summed E-state index contributed by atoms with van der Waals surface area (Å²) in [7, 11) is 0. The molecule has 0 radical (unpaired) electrons. The summed E-state index contributed by atoms with van der Waals surface area (Å²) in [6.07, 6.45) is -1.49. The Balaban J connectivity index is 1.27. The van der Waals surface area contributed by atoms with Crippen molar-refractivity contribution in [3.63, 3.8) is 0 Å². The van der Waals surface area contributed by atoms with Crippen LogP contribution in [0.4, 0.5) is 19.0 Å². The molecule has 254 valence electrons. The first-order chi connectivity index (χ1) is 23.2. The maximum atomic E-state index is 13.9. The van der Waals surface area contributed by atoms with Crippen LogP contribution in [0.5, 0.6) is 5.75 Å². The Kier molecular flexibility index (Phi) is 8.99. The van der Waals surface area contributed by atoms with E-state index in [1.165, 1.54) is 38.6 Å². The van der Waals surface area contributed by atoms with Gasteiger partial charge in [0, 0.05) is 53.9 Å². The van der Waals surface area contributed by atoms with Crippen LogP contribution < -0.4 is 15.2 Å². The molecule has 0 amide bonds. The lowest BCUT2D eigenvalue weighted by Gasteiger charge is -2.45. The van der Waals surface area contributed by atoms with Crippen molar-refractivity contribution in [1.29, 1.82) is 5.26 Å². The lowest BCUT2D eigenvalue weighted by atomic mass is 10.0. The number of carboxylic acids is 1. The van der Waals surface area contributed by atoms with Gasteiger partial charge in [-0.25, -0.2) is 14.8 Å². The van der Waals surface area contributed by atoms with Crippen LogP contribution >= 0.6 is 22.9 Å². The van der Waals surface area contributed by atoms with Crippen molar-refractivity contribution in [3.05, 3.63) is 74.4 Å². The van der Waals surface area contributed by atoms with Crippen LogP contribution in [-0.2, 0) is 6.54 Å². The molecule has 0 unspecified atom stereocenters. The predicted molar refractivity (Wildman–Crippen MR) is 180 cm³/mol. The van der Waals surface area contributed by atoms with Crippen molar-refractivity contribution in [2.24, 2.45) is 0 Å². The van der Waals surface area contributed by atoms with Gasteiger partial charge in [0.15, 0.2) is 0 Å². The summed E-state index contributed by atoms with van der Waals surface area (Å²) in [5.41, 5.74) is -0.525. The zero-order valence-electron chi connectivity index (χ0n) is 26.5. The summed E-state index contributed by atoms with van der Waals surface area (Å²) in [5, 5.41) is 21.8. The molecule has 1 saturated heterocycles. The Bertz CT molecular complexity index is 2210. The van der Waals surface area contributed by atoms with E-state index < -0.39 is 23.2 Å². The average Bonchev–Trinajstić information content (AvgIpc) is 3.51. The largest absolute Gasteiger partial charge is 0.491 e. The topological polar surface area (TPSA) is 137 Å². The molecule has 0 bridgehead atoms. The van der Waals surface area contributed by atoms with Crippen molar-refractivity contribution in [1.82, 2.24) is 24.4 Å². The fraction of sp³-hybridized carbons (Fsp3) is 0.333. The number of piperazine rings is 1. The van der Waals surface area contributed by atoms with Crippen molar-refractivity contribution >= 4 is 55.8 Å². The number of carboxylic acid groups (broad SMARTS) is 1. The number of rotatable bonds is 8. The molecule has 0 spiro atoms. The number of hydrogen-bond donors (Lipinski definition) is 1. The van der Waals surface area contributed by atoms with Gasteiger partial charge in [-0.1, -0.05) is 11.6 Å². The molecule has 49 heavy (non-hydrogen) atoms. The SMILES string of the molecule is Cc1nc2cnc(N3CCN(C(C)(C)C(F)(F)F)CC3)c(C#N)c2c(=O)n1CCOc1ccc(Cl)cc1-c1ccnc2c(C(=O)O)csc12. The van der Waals surface area contributed by atoms with Gasteiger partial charge >= 0.3 is 12.1 Å². The van der Waals surface area contributed by atoms with Gasteiger partial charge in [0.25, 0.3) is 5.56 Å². The van der Waals surface area contributed by atoms with Crippen molar-refractivity contribution in [2.75, 3.05) is 37.7 Å². The summed E-state index contributed by atoms with van der Waals surface area (Å²) in [4.78, 5) is 41.9. The summed E-state index contributed by atoms with van der Waals surface area (Å²) in [6.45, 7) is 4.59. The molecule has 4 aromatic heterocycles. The Morgan fingerprint density at radius 3 is 2.55 bits per heavy atom. The monoisotopic (exact) mass is 711 g/mol. The number of benzene rings is 1. The van der Waals surface area contributed by atoms with E-state index in [1.807, 2.05) is 0 Å². The number of aryl methyl sites for hydroxylation is 1. The average molecular weight is 712 g/mol. The van der Waals surface area contributed by atoms with E-state index in [1.54, 1.807) is 36.1 Å². The summed E-state index contributed by atoms with van der Waals surface area (Å²) < 4.78 is 49.1. The number of hydrogen-bond acceptors (Lipinski definition) is 10. The van der Waals surface area contributed by atoms with Crippen molar-refractivity contribution in [3.8, 4) is 22.9 Å². The number of carbonyl (C=O) groups is 1. The number of ether oxygens (including phenoxy) is 1. The van der Waals surface area contributed by atoms with E-state index in [2.05, 4.69) is 21.0 Å². The highest BCUT2D eigenvalue weighted by molar-refractivity contribution is 7.18. The second-order valence-corrected chi connectivity index (χ2v) is 13.3. The van der Waals surface area contributed by atoms with Gasteiger partial charge in [0.1, 0.15) is 41.2 Å². The fourth-order valence-electron chi connectivity index (χ4n) is 5.96. The molecular weight excluding hydrogens is 683 g/mol. The van der Waals surface area contributed by atoms with Gasteiger partial charge in [0.2, 0.25) is 0 Å². The van der Waals surface area contributed by atoms with Gasteiger partial charge in [-0.15, -0.1) is 11.3 Å². The Morgan fingerprint density at radius 2 is 1.88 bits per heavy atom. The highest BCUT2D eigenvalue weighted by atomic mass is 35.5. The Morgan fingerprint density at radius 1 is 1.14 bits per heavy atom. The number of thiophene rings is 1. The van der Waals surface area contributed by atoms with Crippen LogP contribution in [0, 0.1) is 18.3 Å². The first-order valence-electron chi connectivity index (χ1n) is 15.1. The van der Waals surface area contributed by atoms with Crippen molar-refractivity contribution < 1.29 is 27.8 Å². The predicted octanol–water partition coefficient (Wildman–Crippen LogP) is 6.14. The molecule has 1 aliphatic rings. The highest BCUT2D eigenvalue weighted by Gasteiger charge is 2.51. The number of fused-ring (bicyclic) bond motifs is 2. The minimum absolute atomic E-state index is 0.00608. The molecule has 16 heteroatoms. The maximum absolute atomic E-state index is 13.9. The van der Waals surface area contributed by atoms with E-state index in [-0.39, 0.29) is 67.2 Å². The van der Waals surface area contributed by atoms with Gasteiger partial charge in [-0.3, -0.25) is 19.2 Å². The minimum Gasteiger partial charge on any atom is -0.491 e. The highest BCUT2D eigenvalue weighted by Crippen LogP contribution is 2.40. The van der Waals surface area contributed by atoms with Gasteiger partial charge in [-0.2, -0.15) is 18.4 Å². The Labute approximate surface area is 286 Å². The van der Waals surface area contributed by atoms with Gasteiger partial charge < -0.3 is 14.7 Å². The molecule has 0 atom stereocenters. The quantitative estimate of drug-likeness (QED) is 0.200. The van der Waals surface area contributed by atoms with E-state index in [4.69, 9.17) is 16.3 Å². The van der Waals surface area contributed by atoms with Crippen LogP contribution in [0.1, 0.15) is 35.6 Å². The number of pyridine rings is 2. The number of aromatic carboxylic acids is 1. The smallest absolute Gasteiger partial charge is 0.406 e. The molecule has 5 aromatic rings. The lowest BCUT2D eigenvalue weighted by molar-refractivity contribution is -0.221. The normalized spacial score (nSPS) is 14.4. The molecular formula is C33H29ClF3N7O4S. The van der Waals surface area contributed by atoms with Crippen LogP contribution in [0.25, 0.3) is 32.2 Å². The zero-order chi connectivity index (χ0) is 35.2. The molecule has 5 heterocycles. The van der Waals surface area contributed by atoms with Crippen LogP contribution in [0.3, 0.4) is 0 Å². The lowest BCUT2D eigenvalue weighted by Crippen LogP contribution is -2.60. The van der Waals surface area contributed by atoms with E-state index in [0.717, 1.165) is 13.8 Å². The Hall–Kier alpha value is -4.78. The van der Waals surface area contributed by atoms with Crippen molar-refractivity contribution in [2.45, 2.75) is 39.0 Å². The first-order valence-corrected chi connectivity index (χ1v) is 16.4. The molecule has 11 nitrogen and oxygen atoms in total. The first kappa shape index (κ1) is 34.1. The molecule has 1 aliphatic heterocycles. The van der Waals surface area contributed by atoms with E-state index in [9.17, 15) is 33.1 Å². The number of alkyl halides is 3. The molecule has 1 fully saturated rings. The third kappa shape index (κ3) is 6.16. The second-order valence-electron chi connectivity index (χ2n) is 12.0. The van der Waals surface area contributed by atoms with E-state index >= 15 is 0 Å². The number of nitrogens with zero attached hydrogens (tertiary/aromatic N) is 7. The zero-order valence-corrected chi connectivity index (χ0v) is 28.1. The van der Waals surface area contributed by atoms with Crippen LogP contribution in [0.15, 0.2) is 46.8 Å². The summed E-state index contributed by atoms with van der Waals surface area (Å²) >= 11 is 7.59. The van der Waals surface area contributed by atoms with Gasteiger partial charge in [-0.05, 0) is 45.0 Å². The minimum atomic E-state index is -4.41. The third-order valence-corrected chi connectivity index (χ3v) is 10.1. The standard InChI is InChI=1S/C33H29ClF3N7O4S/c1-18-41-24-16-40-29(42-8-10-43(11-9-42)32(2,3)33(35,36)37)22(15-38)26(24)30(45)44(18)12-13-48-25-5-4-19(34)14-21(25)20-6-7-39-27-23(31(46)47)17-49-28(20)27/h4-7,14,16-17H,8-13H2,1-3H3,(H,46,47). The third-order valence-electron chi connectivity index (χ3n) is 8.83. The summed E-state index contributed by atoms with van der Waals surface area (Å²) in [6, 6.07) is 8.88. The number of nitriles is 1. The number of aromatic nitrogens is 4. The van der Waals surface area contributed by atoms with Gasteiger partial charge in [0.05, 0.1) is 39.4 Å².